The van der Waals surface area contributed by atoms with Gasteiger partial charge in [0, 0.05) is 30.4 Å². The van der Waals surface area contributed by atoms with E-state index in [9.17, 15) is 9.18 Å². The average molecular weight is 514 g/mol. The Bertz CT molecular complexity index is 1470. The molecule has 0 radical (unpaired) electrons. The Hall–Kier alpha value is -3.69. The van der Waals surface area contributed by atoms with Gasteiger partial charge in [0.15, 0.2) is 0 Å². The van der Waals surface area contributed by atoms with Crippen LogP contribution in [0.5, 0.6) is 0 Å². The van der Waals surface area contributed by atoms with Gasteiger partial charge in [0.2, 0.25) is 5.91 Å². The normalized spacial score (nSPS) is 23.1. The van der Waals surface area contributed by atoms with Crippen molar-refractivity contribution in [2.75, 3.05) is 5.32 Å². The van der Waals surface area contributed by atoms with Crippen molar-refractivity contribution in [2.24, 2.45) is 11.8 Å². The second kappa shape index (κ2) is 10.2. The van der Waals surface area contributed by atoms with Crippen LogP contribution in [0.4, 0.5) is 10.1 Å². The molecule has 6 rings (SSSR count). The number of aromatic nitrogens is 4. The van der Waals surface area contributed by atoms with E-state index in [0.717, 1.165) is 58.5 Å². The second-order valence-corrected chi connectivity index (χ2v) is 10.9. The second-order valence-electron chi connectivity index (χ2n) is 10.9. The van der Waals surface area contributed by atoms with Crippen LogP contribution in [0.1, 0.15) is 62.9 Å². The maximum absolute atomic E-state index is 13.9. The van der Waals surface area contributed by atoms with E-state index in [1.807, 2.05) is 26.1 Å². The Kier molecular flexibility index (Phi) is 6.63. The third-order valence-corrected chi connectivity index (χ3v) is 7.70. The molecule has 2 fully saturated rings. The summed E-state index contributed by atoms with van der Waals surface area (Å²) in [4.78, 5) is 29.5. The van der Waals surface area contributed by atoms with Gasteiger partial charge in [-0.1, -0.05) is 26.0 Å². The van der Waals surface area contributed by atoms with Gasteiger partial charge in [-0.3, -0.25) is 20.2 Å². The third kappa shape index (κ3) is 4.91. The minimum atomic E-state index is -0.286. The molecule has 196 valence electrons. The lowest BCUT2D eigenvalue weighted by Gasteiger charge is -2.33. The zero-order chi connectivity index (χ0) is 26.2. The van der Waals surface area contributed by atoms with Crippen LogP contribution in [-0.4, -0.2) is 31.9 Å². The smallest absolute Gasteiger partial charge is 0.224 e. The molecule has 1 amide bonds. The van der Waals surface area contributed by atoms with Crippen molar-refractivity contribution in [3.05, 3.63) is 72.3 Å². The molecule has 9 heteroatoms. The van der Waals surface area contributed by atoms with Crippen LogP contribution in [0.2, 0.25) is 0 Å². The Morgan fingerprint density at radius 3 is 2.82 bits per heavy atom. The van der Waals surface area contributed by atoms with Gasteiger partial charge in [0.05, 0.1) is 35.2 Å². The van der Waals surface area contributed by atoms with E-state index in [4.69, 9.17) is 4.98 Å². The summed E-state index contributed by atoms with van der Waals surface area (Å²) in [5, 5.41) is 3.00. The fourth-order valence-corrected chi connectivity index (χ4v) is 5.93. The summed E-state index contributed by atoms with van der Waals surface area (Å²) < 4.78 is 13.9. The number of hydrogen-bond acceptors (Lipinski definition) is 6. The van der Waals surface area contributed by atoms with E-state index in [1.165, 1.54) is 12.1 Å². The van der Waals surface area contributed by atoms with Crippen LogP contribution in [0.15, 0.2) is 55.1 Å². The Labute approximate surface area is 220 Å². The lowest BCUT2D eigenvalue weighted by molar-refractivity contribution is -0.116. The lowest BCUT2D eigenvalue weighted by atomic mass is 9.73. The van der Waals surface area contributed by atoms with Gasteiger partial charge >= 0.3 is 0 Å². The number of carbonyl (C=O) groups excluding carboxylic acids is 1. The number of benzene rings is 1. The van der Waals surface area contributed by atoms with Crippen molar-refractivity contribution in [1.29, 1.82) is 0 Å². The number of pyridine rings is 2. The van der Waals surface area contributed by atoms with Gasteiger partial charge in [-0.15, -0.1) is 0 Å². The molecule has 4 aromatic rings. The standard InChI is InChI=1S/C29H32FN7O/c1-16(2)8-26(38)33-21-10-19(12-31-13-21)17-6-7-24-22(11-17)28(37-36-24)29-34-25-15-32-14-23(27(25)35-29)18-4-3-5-20(30)9-18/h3-5,9-10,12-17,22,24,28,36-37H,6-8,11H2,1-2H3,(H,33,38)(H,34,35). The van der Waals surface area contributed by atoms with Crippen molar-refractivity contribution in [3.8, 4) is 11.1 Å². The zero-order valence-corrected chi connectivity index (χ0v) is 21.5. The topological polar surface area (TPSA) is 108 Å². The predicted molar refractivity (Wildman–Crippen MR) is 144 cm³/mol. The number of imidazole rings is 1. The highest BCUT2D eigenvalue weighted by atomic mass is 19.1. The van der Waals surface area contributed by atoms with Crippen LogP contribution in [-0.2, 0) is 4.79 Å². The van der Waals surface area contributed by atoms with E-state index in [0.29, 0.717) is 30.2 Å². The summed E-state index contributed by atoms with van der Waals surface area (Å²) in [6, 6.07) is 8.93. The number of rotatable bonds is 6. The van der Waals surface area contributed by atoms with Gasteiger partial charge in [0.1, 0.15) is 11.6 Å². The van der Waals surface area contributed by atoms with Crippen molar-refractivity contribution in [2.45, 2.75) is 57.5 Å². The fraction of sp³-hybridized carbons (Fsp3) is 0.379. The van der Waals surface area contributed by atoms with Gasteiger partial charge in [-0.2, -0.15) is 0 Å². The molecule has 3 aromatic heterocycles. The number of H-pyrrole nitrogens is 1. The predicted octanol–water partition coefficient (Wildman–Crippen LogP) is 5.25. The third-order valence-electron chi connectivity index (χ3n) is 7.70. The van der Waals surface area contributed by atoms with Crippen molar-refractivity contribution in [3.63, 3.8) is 0 Å². The summed E-state index contributed by atoms with van der Waals surface area (Å²) in [6.07, 6.45) is 10.7. The SMILES string of the molecule is CC(C)CC(=O)Nc1cncc(C2CCC3NNC(c4nc5c(-c6cccc(F)c6)cncc5[nH]4)C3C2)c1. The Morgan fingerprint density at radius 1 is 1.11 bits per heavy atom. The number of hydrogen-bond donors (Lipinski definition) is 4. The molecular formula is C29H32FN7O. The molecule has 2 aliphatic rings. The number of nitrogens with one attached hydrogen (secondary N) is 4. The first kappa shape index (κ1) is 24.6. The molecule has 0 spiro atoms. The molecule has 8 nitrogen and oxygen atoms in total. The molecule has 1 aliphatic heterocycles. The number of hydrazine groups is 1. The molecule has 38 heavy (non-hydrogen) atoms. The number of aromatic amines is 1. The van der Waals surface area contributed by atoms with Crippen molar-refractivity contribution >= 4 is 22.6 Å². The number of anilines is 1. The summed E-state index contributed by atoms with van der Waals surface area (Å²) in [7, 11) is 0. The van der Waals surface area contributed by atoms with Crippen LogP contribution in [0.25, 0.3) is 22.2 Å². The highest BCUT2D eigenvalue weighted by molar-refractivity contribution is 5.91. The molecule has 1 aliphatic carbocycles. The number of amides is 1. The molecule has 1 saturated heterocycles. The molecule has 0 bridgehead atoms. The first-order chi connectivity index (χ1) is 18.4. The Morgan fingerprint density at radius 2 is 1.97 bits per heavy atom. The summed E-state index contributed by atoms with van der Waals surface area (Å²) >= 11 is 0. The van der Waals surface area contributed by atoms with E-state index in [2.05, 4.69) is 37.2 Å². The summed E-state index contributed by atoms with van der Waals surface area (Å²) in [5.74, 6) is 1.54. The zero-order valence-electron chi connectivity index (χ0n) is 21.5. The number of halogens is 1. The van der Waals surface area contributed by atoms with E-state index >= 15 is 0 Å². The van der Waals surface area contributed by atoms with E-state index < -0.39 is 0 Å². The minimum Gasteiger partial charge on any atom is -0.339 e. The molecule has 4 N–H and O–H groups in total. The number of fused-ring (bicyclic) bond motifs is 2. The van der Waals surface area contributed by atoms with E-state index in [-0.39, 0.29) is 17.8 Å². The largest absolute Gasteiger partial charge is 0.339 e. The maximum atomic E-state index is 13.9. The highest BCUT2D eigenvalue weighted by Gasteiger charge is 2.42. The van der Waals surface area contributed by atoms with Crippen LogP contribution in [0, 0.1) is 17.7 Å². The van der Waals surface area contributed by atoms with Crippen molar-refractivity contribution < 1.29 is 9.18 Å². The number of nitrogens with zero attached hydrogens (tertiary/aromatic N) is 3. The molecule has 1 aromatic carbocycles. The van der Waals surface area contributed by atoms with Crippen LogP contribution >= 0.6 is 0 Å². The average Bonchev–Trinajstić information content (AvgIpc) is 3.52. The van der Waals surface area contributed by atoms with Crippen molar-refractivity contribution in [1.82, 2.24) is 30.8 Å². The molecule has 4 heterocycles. The molecular weight excluding hydrogens is 481 g/mol. The van der Waals surface area contributed by atoms with Gasteiger partial charge in [-0.05, 0) is 66.3 Å². The maximum Gasteiger partial charge on any atom is 0.224 e. The highest BCUT2D eigenvalue weighted by Crippen LogP contribution is 2.44. The Balaban J connectivity index is 1.24. The van der Waals surface area contributed by atoms with E-state index in [1.54, 1.807) is 24.7 Å². The first-order valence-electron chi connectivity index (χ1n) is 13.3. The quantitative estimate of drug-likeness (QED) is 0.281. The molecule has 4 unspecified atom stereocenters. The number of carbonyl (C=O) groups is 1. The molecule has 4 atom stereocenters. The minimum absolute atomic E-state index is 0.00236. The van der Waals surface area contributed by atoms with Gasteiger partial charge in [-0.25, -0.2) is 14.8 Å². The van der Waals surface area contributed by atoms with Gasteiger partial charge in [0.25, 0.3) is 0 Å². The van der Waals surface area contributed by atoms with Crippen LogP contribution < -0.4 is 16.2 Å². The van der Waals surface area contributed by atoms with Crippen LogP contribution in [0.3, 0.4) is 0 Å². The summed E-state index contributed by atoms with van der Waals surface area (Å²) in [5.41, 5.74) is 12.0. The summed E-state index contributed by atoms with van der Waals surface area (Å²) in [6.45, 7) is 4.07. The monoisotopic (exact) mass is 513 g/mol. The lowest BCUT2D eigenvalue weighted by Crippen LogP contribution is -2.34. The van der Waals surface area contributed by atoms with Gasteiger partial charge < -0.3 is 10.3 Å². The fourth-order valence-electron chi connectivity index (χ4n) is 5.93. The first-order valence-corrected chi connectivity index (χ1v) is 13.3. The molecule has 1 saturated carbocycles.